The zero-order valence-electron chi connectivity index (χ0n) is 8.28. The van der Waals surface area contributed by atoms with E-state index in [2.05, 4.69) is 20.6 Å². The second-order valence-electron chi connectivity index (χ2n) is 3.57. The minimum absolute atomic E-state index is 0.254. The number of rotatable bonds is 2. The number of amides is 1. The topological polar surface area (TPSA) is 66.9 Å². The van der Waals surface area contributed by atoms with Gasteiger partial charge in [0, 0.05) is 18.8 Å². The average molecular weight is 228 g/mol. The molecular formula is C9H10F2N4O. The van der Waals surface area contributed by atoms with Crippen LogP contribution in [0.2, 0.25) is 0 Å². The largest absolute Gasteiger partial charge is 0.308 e. The third-order valence-electron chi connectivity index (χ3n) is 2.24. The number of nitrogens with one attached hydrogen (secondary N) is 2. The Morgan fingerprint density at radius 3 is 2.94 bits per heavy atom. The van der Waals surface area contributed by atoms with Crippen LogP contribution in [-0.2, 0) is 4.79 Å². The van der Waals surface area contributed by atoms with E-state index in [1.807, 2.05) is 0 Å². The molecule has 0 aromatic carbocycles. The van der Waals surface area contributed by atoms with E-state index in [0.717, 1.165) is 0 Å². The van der Waals surface area contributed by atoms with Crippen molar-refractivity contribution in [2.45, 2.75) is 18.4 Å². The summed E-state index contributed by atoms with van der Waals surface area (Å²) in [6.45, 7) is -0.467. The third kappa shape index (κ3) is 2.48. The van der Waals surface area contributed by atoms with Gasteiger partial charge in [-0.2, -0.15) is 0 Å². The number of carbonyl (C=O) groups is 1. The van der Waals surface area contributed by atoms with Crippen LogP contribution in [-0.4, -0.2) is 34.4 Å². The van der Waals surface area contributed by atoms with Gasteiger partial charge in [-0.1, -0.05) is 0 Å². The van der Waals surface area contributed by atoms with E-state index in [1.165, 1.54) is 18.6 Å². The van der Waals surface area contributed by atoms with E-state index in [9.17, 15) is 13.6 Å². The fourth-order valence-electron chi connectivity index (χ4n) is 1.48. The van der Waals surface area contributed by atoms with Gasteiger partial charge >= 0.3 is 0 Å². The molecule has 86 valence electrons. The molecule has 0 radical (unpaired) electrons. The second kappa shape index (κ2) is 4.09. The molecule has 2 rings (SSSR count). The normalized spacial score (nSPS) is 23.0. The van der Waals surface area contributed by atoms with Gasteiger partial charge < -0.3 is 5.32 Å². The van der Waals surface area contributed by atoms with Gasteiger partial charge in [-0.25, -0.2) is 13.8 Å². The minimum Gasteiger partial charge on any atom is -0.308 e. The first-order valence-electron chi connectivity index (χ1n) is 4.75. The van der Waals surface area contributed by atoms with Crippen molar-refractivity contribution in [3.63, 3.8) is 0 Å². The lowest BCUT2D eigenvalue weighted by Crippen LogP contribution is -2.35. The van der Waals surface area contributed by atoms with Crippen molar-refractivity contribution in [1.29, 1.82) is 0 Å². The standard InChI is InChI=1S/C9H10F2N4O/c10-9(11)3-6(14-5-9)8(16)15-7-4-12-1-2-13-7/h1-2,4,6,14H,3,5H2,(H,13,15,16)/t6-/m0/s1. The van der Waals surface area contributed by atoms with E-state index < -0.39 is 30.8 Å². The molecule has 1 aromatic heterocycles. The van der Waals surface area contributed by atoms with Gasteiger partial charge in [0.25, 0.3) is 5.92 Å². The first kappa shape index (κ1) is 10.9. The fourth-order valence-corrected chi connectivity index (χ4v) is 1.48. The van der Waals surface area contributed by atoms with Gasteiger partial charge in [-0.15, -0.1) is 0 Å². The summed E-state index contributed by atoms with van der Waals surface area (Å²) in [4.78, 5) is 19.1. The van der Waals surface area contributed by atoms with E-state index in [-0.39, 0.29) is 5.82 Å². The molecular weight excluding hydrogens is 218 g/mol. The molecule has 1 saturated heterocycles. The van der Waals surface area contributed by atoms with Gasteiger partial charge in [-0.3, -0.25) is 15.1 Å². The second-order valence-corrected chi connectivity index (χ2v) is 3.57. The summed E-state index contributed by atoms with van der Waals surface area (Å²) >= 11 is 0. The van der Waals surface area contributed by atoms with Gasteiger partial charge in [0.1, 0.15) is 0 Å². The van der Waals surface area contributed by atoms with E-state index in [1.54, 1.807) is 0 Å². The molecule has 2 N–H and O–H groups in total. The quantitative estimate of drug-likeness (QED) is 0.769. The zero-order chi connectivity index (χ0) is 11.6. The van der Waals surface area contributed by atoms with Crippen LogP contribution in [0.5, 0.6) is 0 Å². The molecule has 1 aliphatic rings. The summed E-state index contributed by atoms with van der Waals surface area (Å²) in [5, 5.41) is 4.87. The van der Waals surface area contributed by atoms with E-state index in [4.69, 9.17) is 0 Å². The maximum atomic E-state index is 12.8. The van der Waals surface area contributed by atoms with Crippen LogP contribution in [0.1, 0.15) is 6.42 Å². The number of halogens is 2. The summed E-state index contributed by atoms with van der Waals surface area (Å²) in [6, 6.07) is -0.878. The Labute approximate surface area is 90.3 Å². The number of anilines is 1. The lowest BCUT2D eigenvalue weighted by atomic mass is 10.2. The van der Waals surface area contributed by atoms with Crippen molar-refractivity contribution in [2.75, 3.05) is 11.9 Å². The maximum absolute atomic E-state index is 12.8. The predicted molar refractivity (Wildman–Crippen MR) is 52.0 cm³/mol. The monoisotopic (exact) mass is 228 g/mol. The average Bonchev–Trinajstić information content (AvgIpc) is 2.60. The number of hydrogen-bond donors (Lipinski definition) is 2. The van der Waals surface area contributed by atoms with Crippen molar-refractivity contribution in [2.24, 2.45) is 0 Å². The molecule has 0 unspecified atom stereocenters. The zero-order valence-corrected chi connectivity index (χ0v) is 8.28. The van der Waals surface area contributed by atoms with Crippen molar-refractivity contribution in [3.05, 3.63) is 18.6 Å². The molecule has 0 bridgehead atoms. The van der Waals surface area contributed by atoms with E-state index >= 15 is 0 Å². The van der Waals surface area contributed by atoms with Crippen LogP contribution < -0.4 is 10.6 Å². The molecule has 1 aromatic rings. The lowest BCUT2D eigenvalue weighted by molar-refractivity contribution is -0.118. The van der Waals surface area contributed by atoms with E-state index in [0.29, 0.717) is 0 Å². The van der Waals surface area contributed by atoms with Crippen LogP contribution in [0.4, 0.5) is 14.6 Å². The molecule has 0 aliphatic carbocycles. The highest BCUT2D eigenvalue weighted by molar-refractivity contribution is 5.94. The molecule has 1 atom stereocenters. The molecule has 1 aliphatic heterocycles. The van der Waals surface area contributed by atoms with Crippen LogP contribution in [0.3, 0.4) is 0 Å². The molecule has 5 nitrogen and oxygen atoms in total. The SMILES string of the molecule is O=C(Nc1cnccn1)[C@@H]1CC(F)(F)CN1. The van der Waals surface area contributed by atoms with Gasteiger partial charge in [-0.05, 0) is 0 Å². The van der Waals surface area contributed by atoms with Crippen molar-refractivity contribution >= 4 is 11.7 Å². The smallest absolute Gasteiger partial charge is 0.262 e. The number of alkyl halides is 2. The number of nitrogens with zero attached hydrogens (tertiary/aromatic N) is 2. The maximum Gasteiger partial charge on any atom is 0.262 e. The highest BCUT2D eigenvalue weighted by Crippen LogP contribution is 2.25. The number of aromatic nitrogens is 2. The molecule has 0 saturated carbocycles. The van der Waals surface area contributed by atoms with Gasteiger partial charge in [0.15, 0.2) is 5.82 Å². The van der Waals surface area contributed by atoms with Crippen molar-refractivity contribution in [3.8, 4) is 0 Å². The van der Waals surface area contributed by atoms with Gasteiger partial charge in [0.05, 0.1) is 18.8 Å². The Kier molecular flexibility index (Phi) is 2.78. The Morgan fingerprint density at radius 1 is 1.56 bits per heavy atom. The van der Waals surface area contributed by atoms with Crippen molar-refractivity contribution in [1.82, 2.24) is 15.3 Å². The first-order chi connectivity index (χ1) is 7.57. The summed E-state index contributed by atoms with van der Waals surface area (Å²) in [5.41, 5.74) is 0. The third-order valence-corrected chi connectivity index (χ3v) is 2.24. The Bertz CT molecular complexity index is 384. The molecule has 1 fully saturated rings. The molecule has 7 heteroatoms. The van der Waals surface area contributed by atoms with Crippen LogP contribution in [0.15, 0.2) is 18.6 Å². The van der Waals surface area contributed by atoms with Gasteiger partial charge in [0.2, 0.25) is 5.91 Å². The summed E-state index contributed by atoms with van der Waals surface area (Å²) in [6.07, 6.45) is 3.73. The summed E-state index contributed by atoms with van der Waals surface area (Å²) in [7, 11) is 0. The van der Waals surface area contributed by atoms with Crippen LogP contribution >= 0.6 is 0 Å². The molecule has 0 spiro atoms. The molecule has 1 amide bonds. The first-order valence-corrected chi connectivity index (χ1v) is 4.75. The predicted octanol–water partition coefficient (Wildman–Crippen LogP) is 0.412. The van der Waals surface area contributed by atoms with Crippen LogP contribution in [0.25, 0.3) is 0 Å². The summed E-state index contributed by atoms with van der Waals surface area (Å²) in [5.74, 6) is -3.08. The van der Waals surface area contributed by atoms with Crippen LogP contribution in [0, 0.1) is 0 Å². The number of hydrogen-bond acceptors (Lipinski definition) is 4. The fraction of sp³-hybridized carbons (Fsp3) is 0.444. The highest BCUT2D eigenvalue weighted by Gasteiger charge is 2.42. The number of carbonyl (C=O) groups excluding carboxylic acids is 1. The molecule has 16 heavy (non-hydrogen) atoms. The summed E-state index contributed by atoms with van der Waals surface area (Å²) < 4.78 is 25.6. The highest BCUT2D eigenvalue weighted by atomic mass is 19.3. The molecule has 2 heterocycles. The van der Waals surface area contributed by atoms with Crippen molar-refractivity contribution < 1.29 is 13.6 Å². The lowest BCUT2D eigenvalue weighted by Gasteiger charge is -2.09. The Morgan fingerprint density at radius 2 is 2.38 bits per heavy atom. The minimum atomic E-state index is -2.82. The Hall–Kier alpha value is -1.63. The Balaban J connectivity index is 1.95.